The zero-order valence-electron chi connectivity index (χ0n) is 17.7. The molecule has 1 aliphatic rings. The van der Waals surface area contributed by atoms with Gasteiger partial charge in [-0.1, -0.05) is 6.07 Å². The molecule has 4 heterocycles. The number of halogens is 3. The largest absolute Gasteiger partial charge is 0.327 e. The van der Waals surface area contributed by atoms with Gasteiger partial charge in [-0.05, 0) is 37.6 Å². The quantitative estimate of drug-likeness (QED) is 0.445. The van der Waals surface area contributed by atoms with Crippen molar-refractivity contribution >= 4 is 5.91 Å². The van der Waals surface area contributed by atoms with Gasteiger partial charge in [0.1, 0.15) is 6.33 Å². The van der Waals surface area contributed by atoms with Crippen molar-refractivity contribution in [1.29, 1.82) is 0 Å². The monoisotopic (exact) mass is 453 g/mol. The van der Waals surface area contributed by atoms with Gasteiger partial charge in [-0.2, -0.15) is 5.10 Å². The highest BCUT2D eigenvalue weighted by Gasteiger charge is 2.35. The van der Waals surface area contributed by atoms with Crippen LogP contribution >= 0.6 is 0 Å². The van der Waals surface area contributed by atoms with Crippen LogP contribution in [0.15, 0.2) is 42.9 Å². The number of carbonyl (C=O) groups is 1. The zero-order chi connectivity index (χ0) is 23.3. The van der Waals surface area contributed by atoms with E-state index in [0.717, 1.165) is 17.7 Å². The SMILES string of the molecule is C[C@H]1c2nn(C)c(-c3cc(F)c(F)c(F)c3)c2CCN1C(=O)c1ncn(-c2ccccn2)n1. The minimum atomic E-state index is -1.52. The fraction of sp³-hybridized carbons (Fsp3) is 0.227. The molecule has 3 aromatic heterocycles. The van der Waals surface area contributed by atoms with Crippen LogP contribution in [0.5, 0.6) is 0 Å². The Morgan fingerprint density at radius 3 is 2.55 bits per heavy atom. The van der Waals surface area contributed by atoms with Gasteiger partial charge >= 0.3 is 0 Å². The molecule has 1 aromatic carbocycles. The number of amides is 1. The topological polar surface area (TPSA) is 81.7 Å². The van der Waals surface area contributed by atoms with Crippen molar-refractivity contribution in [3.05, 3.63) is 77.4 Å². The molecule has 1 atom stereocenters. The first-order valence-corrected chi connectivity index (χ1v) is 10.2. The normalized spacial score (nSPS) is 15.5. The van der Waals surface area contributed by atoms with Crippen LogP contribution in [0, 0.1) is 17.5 Å². The highest BCUT2D eigenvalue weighted by molar-refractivity contribution is 5.91. The molecule has 1 amide bonds. The Balaban J connectivity index is 1.45. The van der Waals surface area contributed by atoms with Crippen LogP contribution in [0.1, 0.15) is 34.8 Å². The van der Waals surface area contributed by atoms with Gasteiger partial charge in [0.15, 0.2) is 23.3 Å². The molecule has 33 heavy (non-hydrogen) atoms. The first-order valence-electron chi connectivity index (χ1n) is 10.2. The van der Waals surface area contributed by atoms with Gasteiger partial charge in [-0.25, -0.2) is 27.8 Å². The van der Waals surface area contributed by atoms with E-state index < -0.39 is 23.5 Å². The minimum Gasteiger partial charge on any atom is -0.327 e. The predicted molar refractivity (Wildman–Crippen MR) is 111 cm³/mol. The molecule has 0 N–H and O–H groups in total. The second kappa shape index (κ2) is 7.84. The lowest BCUT2D eigenvalue weighted by atomic mass is 9.95. The third-order valence-electron chi connectivity index (χ3n) is 5.73. The summed E-state index contributed by atoms with van der Waals surface area (Å²) in [5, 5.41) is 8.75. The summed E-state index contributed by atoms with van der Waals surface area (Å²) in [5.41, 5.74) is 2.03. The van der Waals surface area contributed by atoms with E-state index in [2.05, 4.69) is 20.2 Å². The maximum absolute atomic E-state index is 13.8. The van der Waals surface area contributed by atoms with Crippen molar-refractivity contribution < 1.29 is 18.0 Å². The number of benzene rings is 1. The highest BCUT2D eigenvalue weighted by Crippen LogP contribution is 2.36. The number of nitrogens with zero attached hydrogens (tertiary/aromatic N) is 7. The van der Waals surface area contributed by atoms with Gasteiger partial charge in [-0.3, -0.25) is 9.48 Å². The van der Waals surface area contributed by atoms with Crippen LogP contribution in [0.2, 0.25) is 0 Å². The molecular weight excluding hydrogens is 435 g/mol. The molecule has 0 fully saturated rings. The number of hydrogen-bond acceptors (Lipinski definition) is 5. The Bertz CT molecular complexity index is 1340. The van der Waals surface area contributed by atoms with Gasteiger partial charge in [0.2, 0.25) is 5.82 Å². The molecule has 4 aromatic rings. The molecule has 0 radical (unpaired) electrons. The molecule has 0 saturated heterocycles. The van der Waals surface area contributed by atoms with E-state index >= 15 is 0 Å². The average molecular weight is 453 g/mol. The number of carbonyl (C=O) groups excluding carboxylic acids is 1. The van der Waals surface area contributed by atoms with Crippen LogP contribution in [0.3, 0.4) is 0 Å². The summed E-state index contributed by atoms with van der Waals surface area (Å²) >= 11 is 0. The van der Waals surface area contributed by atoms with E-state index in [1.165, 1.54) is 15.7 Å². The summed E-state index contributed by atoms with van der Waals surface area (Å²) in [6.07, 6.45) is 3.44. The summed E-state index contributed by atoms with van der Waals surface area (Å²) < 4.78 is 44.0. The van der Waals surface area contributed by atoms with Crippen molar-refractivity contribution in [3.63, 3.8) is 0 Å². The molecule has 0 aliphatic carbocycles. The van der Waals surface area contributed by atoms with Crippen LogP contribution in [0.25, 0.3) is 17.1 Å². The Kier molecular flexibility index (Phi) is 4.95. The summed E-state index contributed by atoms with van der Waals surface area (Å²) in [6, 6.07) is 6.79. The van der Waals surface area contributed by atoms with Crippen molar-refractivity contribution in [2.24, 2.45) is 7.05 Å². The maximum Gasteiger partial charge on any atom is 0.294 e. The first kappa shape index (κ1) is 20.9. The third kappa shape index (κ3) is 3.45. The smallest absolute Gasteiger partial charge is 0.294 e. The number of pyridine rings is 1. The standard InChI is InChI=1S/C22H18F3N7O/c1-12-19-14(20(30(2)28-19)13-9-15(23)18(25)16(24)10-13)6-8-31(12)22(33)21-27-11-32(29-21)17-5-3-4-7-26-17/h3-5,7,9-12H,6,8H2,1-2H3/t12-/m0/s1. The molecular formula is C22H18F3N7O. The number of aryl methyl sites for hydroxylation is 1. The van der Waals surface area contributed by atoms with Gasteiger partial charge in [0.05, 0.1) is 17.4 Å². The molecule has 8 nitrogen and oxygen atoms in total. The van der Waals surface area contributed by atoms with E-state index in [1.54, 1.807) is 36.3 Å². The number of hydrogen-bond donors (Lipinski definition) is 0. The summed E-state index contributed by atoms with van der Waals surface area (Å²) in [7, 11) is 1.64. The highest BCUT2D eigenvalue weighted by atomic mass is 19.2. The van der Waals surface area contributed by atoms with Crippen molar-refractivity contribution in [2.75, 3.05) is 6.54 Å². The molecule has 0 bridgehead atoms. The predicted octanol–water partition coefficient (Wildman–Crippen LogP) is 3.24. The molecule has 0 saturated carbocycles. The molecule has 5 rings (SSSR count). The van der Waals surface area contributed by atoms with E-state index in [0.29, 0.717) is 30.2 Å². The molecule has 1 aliphatic heterocycles. The number of fused-ring (bicyclic) bond motifs is 1. The van der Waals surface area contributed by atoms with Crippen molar-refractivity contribution in [3.8, 4) is 17.1 Å². The molecule has 11 heteroatoms. The van der Waals surface area contributed by atoms with Gasteiger partial charge in [-0.15, -0.1) is 5.10 Å². The summed E-state index contributed by atoms with van der Waals surface area (Å²) in [5.74, 6) is -3.86. The Labute approximate surface area is 186 Å². The minimum absolute atomic E-state index is 0.0229. The summed E-state index contributed by atoms with van der Waals surface area (Å²) in [4.78, 5) is 23.1. The zero-order valence-corrected chi connectivity index (χ0v) is 17.7. The van der Waals surface area contributed by atoms with Gasteiger partial charge < -0.3 is 4.90 Å². The van der Waals surface area contributed by atoms with E-state index in [4.69, 9.17) is 0 Å². The molecule has 0 unspecified atom stereocenters. The lowest BCUT2D eigenvalue weighted by Crippen LogP contribution is -2.39. The van der Waals surface area contributed by atoms with E-state index in [9.17, 15) is 18.0 Å². The Morgan fingerprint density at radius 2 is 1.85 bits per heavy atom. The second-order valence-corrected chi connectivity index (χ2v) is 7.72. The van der Waals surface area contributed by atoms with E-state index in [-0.39, 0.29) is 17.3 Å². The fourth-order valence-electron chi connectivity index (χ4n) is 4.16. The average Bonchev–Trinajstić information content (AvgIpc) is 3.43. The van der Waals surface area contributed by atoms with Crippen LogP contribution < -0.4 is 0 Å². The van der Waals surface area contributed by atoms with Crippen molar-refractivity contribution in [1.82, 2.24) is 34.4 Å². The number of rotatable bonds is 3. The fourth-order valence-corrected chi connectivity index (χ4v) is 4.16. The number of aromatic nitrogens is 6. The van der Waals surface area contributed by atoms with Crippen LogP contribution in [-0.2, 0) is 13.5 Å². The molecule has 168 valence electrons. The van der Waals surface area contributed by atoms with Gasteiger partial charge in [0, 0.05) is 30.9 Å². The van der Waals surface area contributed by atoms with Crippen molar-refractivity contribution in [2.45, 2.75) is 19.4 Å². The maximum atomic E-state index is 13.8. The summed E-state index contributed by atoms with van der Waals surface area (Å²) in [6.45, 7) is 2.14. The van der Waals surface area contributed by atoms with E-state index in [1.807, 2.05) is 6.92 Å². The van der Waals surface area contributed by atoms with Gasteiger partial charge in [0.25, 0.3) is 5.91 Å². The lowest BCUT2D eigenvalue weighted by molar-refractivity contribution is 0.0661. The van der Waals surface area contributed by atoms with Crippen LogP contribution in [0.4, 0.5) is 13.2 Å². The Hall–Kier alpha value is -4.02. The third-order valence-corrected chi connectivity index (χ3v) is 5.73. The first-order chi connectivity index (χ1) is 15.8. The van der Waals surface area contributed by atoms with Crippen LogP contribution in [-0.4, -0.2) is 46.9 Å². The second-order valence-electron chi connectivity index (χ2n) is 7.72. The lowest BCUT2D eigenvalue weighted by Gasteiger charge is -2.32. The Morgan fingerprint density at radius 1 is 1.09 bits per heavy atom. The molecule has 0 spiro atoms.